The van der Waals surface area contributed by atoms with E-state index in [-0.39, 0.29) is 30.6 Å². The van der Waals surface area contributed by atoms with Crippen LogP contribution in [-0.2, 0) is 14.3 Å². The van der Waals surface area contributed by atoms with Gasteiger partial charge in [0.05, 0.1) is 12.1 Å². The molecule has 26 heavy (non-hydrogen) atoms. The molecule has 3 fully saturated rings. The fourth-order valence-electron chi connectivity index (χ4n) is 4.53. The zero-order valence-electron chi connectivity index (χ0n) is 16.2. The molecule has 0 aromatic carbocycles. The highest BCUT2D eigenvalue weighted by atomic mass is 16.5. The smallest absolute Gasteiger partial charge is 0.248 e. The topological polar surface area (TPSA) is 70.7 Å². The Labute approximate surface area is 157 Å². The van der Waals surface area contributed by atoms with Crippen molar-refractivity contribution in [2.45, 2.75) is 70.4 Å². The van der Waals surface area contributed by atoms with Gasteiger partial charge in [-0.2, -0.15) is 0 Å². The molecule has 1 aliphatic carbocycles. The highest BCUT2D eigenvalue weighted by Gasteiger charge is 2.28. The SMILES string of the molecule is CC1CCCCC1OCC(=O)N1CCCC(CNC(=O)C2CCCN2)C1. The summed E-state index contributed by atoms with van der Waals surface area (Å²) in [5.41, 5.74) is 0. The number of ether oxygens (including phenoxy) is 1. The Bertz CT molecular complexity index is 479. The van der Waals surface area contributed by atoms with Gasteiger partial charge in [-0.05, 0) is 56.9 Å². The van der Waals surface area contributed by atoms with E-state index in [1.165, 1.54) is 19.3 Å². The third kappa shape index (κ3) is 5.43. The van der Waals surface area contributed by atoms with Gasteiger partial charge < -0.3 is 20.3 Å². The largest absolute Gasteiger partial charge is 0.368 e. The van der Waals surface area contributed by atoms with E-state index in [2.05, 4.69) is 17.6 Å². The minimum atomic E-state index is -0.0257. The number of piperidine rings is 1. The first-order chi connectivity index (χ1) is 12.6. The minimum Gasteiger partial charge on any atom is -0.368 e. The molecule has 3 rings (SSSR count). The number of carbonyl (C=O) groups is 2. The zero-order chi connectivity index (χ0) is 18.4. The Kier molecular flexibility index (Phi) is 7.32. The maximum absolute atomic E-state index is 12.5. The van der Waals surface area contributed by atoms with E-state index in [1.807, 2.05) is 4.90 Å². The molecule has 2 amide bonds. The molecule has 4 atom stereocenters. The van der Waals surface area contributed by atoms with E-state index >= 15 is 0 Å². The molecule has 1 saturated carbocycles. The quantitative estimate of drug-likeness (QED) is 0.751. The number of rotatable bonds is 6. The van der Waals surface area contributed by atoms with Crippen LogP contribution in [0.1, 0.15) is 58.3 Å². The zero-order valence-corrected chi connectivity index (χ0v) is 16.2. The predicted octanol–water partition coefficient (Wildman–Crippen LogP) is 1.69. The lowest BCUT2D eigenvalue weighted by Gasteiger charge is -2.34. The van der Waals surface area contributed by atoms with Gasteiger partial charge in [-0.1, -0.05) is 19.8 Å². The van der Waals surface area contributed by atoms with Crippen LogP contribution in [0.4, 0.5) is 0 Å². The van der Waals surface area contributed by atoms with Crippen LogP contribution in [0.5, 0.6) is 0 Å². The van der Waals surface area contributed by atoms with E-state index in [4.69, 9.17) is 4.74 Å². The van der Waals surface area contributed by atoms with Crippen molar-refractivity contribution in [3.63, 3.8) is 0 Å². The first-order valence-corrected chi connectivity index (χ1v) is 10.5. The third-order valence-corrected chi connectivity index (χ3v) is 6.27. The molecule has 2 saturated heterocycles. The Morgan fingerprint density at radius 3 is 2.73 bits per heavy atom. The first kappa shape index (κ1) is 19.6. The standard InChI is InChI=1S/C20H35N3O3/c1-15-6-2-3-9-18(15)26-14-19(24)23-11-5-7-16(13-23)12-22-20(25)17-8-4-10-21-17/h15-18,21H,2-14H2,1H3,(H,22,25). The van der Waals surface area contributed by atoms with Crippen molar-refractivity contribution in [3.05, 3.63) is 0 Å². The molecule has 0 aromatic heterocycles. The van der Waals surface area contributed by atoms with E-state index in [0.717, 1.165) is 51.7 Å². The van der Waals surface area contributed by atoms with Gasteiger partial charge in [0.2, 0.25) is 11.8 Å². The van der Waals surface area contributed by atoms with Crippen molar-refractivity contribution in [3.8, 4) is 0 Å². The molecule has 6 nitrogen and oxygen atoms in total. The van der Waals surface area contributed by atoms with Gasteiger partial charge in [0, 0.05) is 19.6 Å². The lowest BCUT2D eigenvalue weighted by Crippen LogP contribution is -2.47. The van der Waals surface area contributed by atoms with E-state index < -0.39 is 0 Å². The summed E-state index contributed by atoms with van der Waals surface area (Å²) < 4.78 is 5.94. The van der Waals surface area contributed by atoms with Crippen LogP contribution < -0.4 is 10.6 Å². The lowest BCUT2D eigenvalue weighted by molar-refractivity contribution is -0.141. The van der Waals surface area contributed by atoms with Crippen LogP contribution >= 0.6 is 0 Å². The number of hydrogen-bond donors (Lipinski definition) is 2. The van der Waals surface area contributed by atoms with Crippen molar-refractivity contribution in [1.29, 1.82) is 0 Å². The summed E-state index contributed by atoms with van der Waals surface area (Å²) in [6, 6.07) is -0.0257. The molecule has 0 aromatic rings. The molecule has 0 spiro atoms. The number of hydrogen-bond acceptors (Lipinski definition) is 4. The van der Waals surface area contributed by atoms with Crippen molar-refractivity contribution in [1.82, 2.24) is 15.5 Å². The van der Waals surface area contributed by atoms with Crippen LogP contribution in [0.15, 0.2) is 0 Å². The Morgan fingerprint density at radius 2 is 1.96 bits per heavy atom. The summed E-state index contributed by atoms with van der Waals surface area (Å²) >= 11 is 0. The van der Waals surface area contributed by atoms with Crippen LogP contribution in [0.2, 0.25) is 0 Å². The first-order valence-electron chi connectivity index (χ1n) is 10.5. The maximum Gasteiger partial charge on any atom is 0.248 e. The van der Waals surface area contributed by atoms with Crippen LogP contribution in [0.3, 0.4) is 0 Å². The van der Waals surface area contributed by atoms with Crippen LogP contribution in [-0.4, -0.2) is 61.6 Å². The molecule has 0 bridgehead atoms. The third-order valence-electron chi connectivity index (χ3n) is 6.27. The molecule has 2 N–H and O–H groups in total. The molecule has 148 valence electrons. The average molecular weight is 366 g/mol. The van der Waals surface area contributed by atoms with E-state index in [9.17, 15) is 9.59 Å². The fourth-order valence-corrected chi connectivity index (χ4v) is 4.53. The van der Waals surface area contributed by atoms with Gasteiger partial charge in [0.15, 0.2) is 0 Å². The number of nitrogens with zero attached hydrogens (tertiary/aromatic N) is 1. The molecule has 2 heterocycles. The summed E-state index contributed by atoms with van der Waals surface area (Å²) in [6.07, 6.45) is 9.11. The molecular weight excluding hydrogens is 330 g/mol. The Balaban J connectivity index is 1.38. The summed E-state index contributed by atoms with van der Waals surface area (Å²) in [7, 11) is 0. The lowest BCUT2D eigenvalue weighted by atomic mass is 9.88. The summed E-state index contributed by atoms with van der Waals surface area (Å²) in [6.45, 7) is 5.59. The number of nitrogens with one attached hydrogen (secondary N) is 2. The van der Waals surface area contributed by atoms with Crippen molar-refractivity contribution in [2.75, 3.05) is 32.8 Å². The second kappa shape index (κ2) is 9.70. The second-order valence-corrected chi connectivity index (χ2v) is 8.35. The summed E-state index contributed by atoms with van der Waals surface area (Å²) in [4.78, 5) is 26.6. The van der Waals surface area contributed by atoms with Crippen molar-refractivity contribution < 1.29 is 14.3 Å². The van der Waals surface area contributed by atoms with Gasteiger partial charge in [0.1, 0.15) is 6.61 Å². The van der Waals surface area contributed by atoms with Crippen molar-refractivity contribution >= 4 is 11.8 Å². The fraction of sp³-hybridized carbons (Fsp3) is 0.900. The highest BCUT2D eigenvalue weighted by molar-refractivity contribution is 5.82. The highest BCUT2D eigenvalue weighted by Crippen LogP contribution is 2.26. The number of amides is 2. The normalized spacial score (nSPS) is 32.4. The maximum atomic E-state index is 12.5. The molecule has 6 heteroatoms. The van der Waals surface area contributed by atoms with Crippen molar-refractivity contribution in [2.24, 2.45) is 11.8 Å². The number of carbonyl (C=O) groups excluding carboxylic acids is 2. The summed E-state index contributed by atoms with van der Waals surface area (Å²) in [5, 5.41) is 6.30. The molecule has 4 unspecified atom stereocenters. The molecular formula is C20H35N3O3. The minimum absolute atomic E-state index is 0.0257. The average Bonchev–Trinajstić information content (AvgIpc) is 3.20. The van der Waals surface area contributed by atoms with Gasteiger partial charge in [-0.25, -0.2) is 0 Å². The monoisotopic (exact) mass is 365 g/mol. The van der Waals surface area contributed by atoms with Crippen LogP contribution in [0.25, 0.3) is 0 Å². The summed E-state index contributed by atoms with van der Waals surface area (Å²) in [5.74, 6) is 1.13. The molecule has 3 aliphatic rings. The Morgan fingerprint density at radius 1 is 1.12 bits per heavy atom. The molecule has 2 aliphatic heterocycles. The van der Waals surface area contributed by atoms with E-state index in [0.29, 0.717) is 18.4 Å². The van der Waals surface area contributed by atoms with Gasteiger partial charge in [-0.3, -0.25) is 9.59 Å². The molecule has 0 radical (unpaired) electrons. The van der Waals surface area contributed by atoms with Gasteiger partial charge in [0.25, 0.3) is 0 Å². The van der Waals surface area contributed by atoms with Gasteiger partial charge >= 0.3 is 0 Å². The second-order valence-electron chi connectivity index (χ2n) is 8.35. The predicted molar refractivity (Wildman–Crippen MR) is 101 cm³/mol. The van der Waals surface area contributed by atoms with E-state index in [1.54, 1.807) is 0 Å². The van der Waals surface area contributed by atoms with Gasteiger partial charge in [-0.15, -0.1) is 0 Å². The Hall–Kier alpha value is -1.14. The number of likely N-dealkylation sites (tertiary alicyclic amines) is 1. The van der Waals surface area contributed by atoms with Crippen LogP contribution in [0, 0.1) is 11.8 Å².